The molecule has 0 bridgehead atoms. The van der Waals surface area contributed by atoms with Crippen LogP contribution < -0.4 is 10.6 Å². The molecule has 7 heteroatoms. The van der Waals surface area contributed by atoms with Crippen LogP contribution in [0.5, 0.6) is 0 Å². The molecular formula is C23H26ClN5O. The van der Waals surface area contributed by atoms with Gasteiger partial charge in [-0.3, -0.25) is 4.79 Å². The van der Waals surface area contributed by atoms with Crippen molar-refractivity contribution in [3.05, 3.63) is 53.6 Å². The summed E-state index contributed by atoms with van der Waals surface area (Å²) in [7, 11) is 0. The van der Waals surface area contributed by atoms with Crippen molar-refractivity contribution in [2.45, 2.75) is 32.4 Å². The average molecular weight is 424 g/mol. The van der Waals surface area contributed by atoms with Crippen molar-refractivity contribution in [1.29, 1.82) is 0 Å². The molecule has 0 unspecified atom stereocenters. The molecule has 30 heavy (non-hydrogen) atoms. The molecule has 0 spiro atoms. The predicted molar refractivity (Wildman–Crippen MR) is 122 cm³/mol. The van der Waals surface area contributed by atoms with Crippen LogP contribution in [-0.2, 0) is 4.79 Å². The van der Waals surface area contributed by atoms with E-state index in [0.29, 0.717) is 24.7 Å². The van der Waals surface area contributed by atoms with E-state index in [4.69, 9.17) is 17.3 Å². The number of fused-ring (bicyclic) bond motifs is 1. The van der Waals surface area contributed by atoms with Gasteiger partial charge in [-0.15, -0.1) is 10.2 Å². The molecule has 2 heterocycles. The zero-order chi connectivity index (χ0) is 21.5. The number of piperazine rings is 1. The Labute approximate surface area is 181 Å². The summed E-state index contributed by atoms with van der Waals surface area (Å²) in [5, 5.41) is 12.0. The van der Waals surface area contributed by atoms with Gasteiger partial charge in [-0.1, -0.05) is 48.0 Å². The molecule has 156 valence electrons. The van der Waals surface area contributed by atoms with Gasteiger partial charge in [0.15, 0.2) is 5.82 Å². The summed E-state index contributed by atoms with van der Waals surface area (Å²) in [4.78, 5) is 16.7. The Kier molecular flexibility index (Phi) is 5.38. The van der Waals surface area contributed by atoms with Crippen LogP contribution in [0.15, 0.2) is 48.5 Å². The van der Waals surface area contributed by atoms with Crippen molar-refractivity contribution in [2.24, 2.45) is 5.73 Å². The van der Waals surface area contributed by atoms with Crippen molar-refractivity contribution in [3.8, 4) is 11.3 Å². The van der Waals surface area contributed by atoms with Gasteiger partial charge in [-0.05, 0) is 32.9 Å². The number of carbonyl (C=O) groups excluding carboxylic acids is 1. The highest BCUT2D eigenvalue weighted by Crippen LogP contribution is 2.33. The molecule has 2 N–H and O–H groups in total. The molecular weight excluding hydrogens is 398 g/mol. The van der Waals surface area contributed by atoms with Gasteiger partial charge in [0.05, 0.1) is 5.54 Å². The van der Waals surface area contributed by atoms with Gasteiger partial charge < -0.3 is 15.5 Å². The lowest BCUT2D eigenvalue weighted by molar-refractivity contribution is -0.136. The van der Waals surface area contributed by atoms with Crippen LogP contribution >= 0.6 is 11.6 Å². The summed E-state index contributed by atoms with van der Waals surface area (Å²) >= 11 is 6.04. The van der Waals surface area contributed by atoms with Gasteiger partial charge in [-0.2, -0.15) is 0 Å². The van der Waals surface area contributed by atoms with E-state index in [1.165, 1.54) is 0 Å². The average Bonchev–Trinajstić information content (AvgIpc) is 2.72. The molecule has 1 fully saturated rings. The maximum absolute atomic E-state index is 12.6. The zero-order valence-electron chi connectivity index (χ0n) is 17.5. The second kappa shape index (κ2) is 7.85. The Morgan fingerprint density at radius 3 is 2.37 bits per heavy atom. The van der Waals surface area contributed by atoms with Crippen LogP contribution in [0.4, 0.5) is 5.82 Å². The molecule has 1 amide bonds. The number of anilines is 1. The van der Waals surface area contributed by atoms with Crippen molar-refractivity contribution in [2.75, 3.05) is 24.5 Å². The summed E-state index contributed by atoms with van der Waals surface area (Å²) in [6.07, 6.45) is 0. The molecule has 3 aromatic rings. The number of carbonyl (C=O) groups is 1. The first-order valence-corrected chi connectivity index (χ1v) is 10.5. The van der Waals surface area contributed by atoms with E-state index in [0.717, 1.165) is 27.8 Å². The number of hydrogen-bond acceptors (Lipinski definition) is 5. The van der Waals surface area contributed by atoms with E-state index in [1.54, 1.807) is 13.8 Å². The van der Waals surface area contributed by atoms with Crippen LogP contribution in [-0.4, -0.2) is 52.2 Å². The fraction of sp³-hybridized carbons (Fsp3) is 0.348. The largest absolute Gasteiger partial charge is 0.348 e. The summed E-state index contributed by atoms with van der Waals surface area (Å²) in [5.74, 6) is 0.818. The van der Waals surface area contributed by atoms with Crippen LogP contribution in [0.1, 0.15) is 20.8 Å². The van der Waals surface area contributed by atoms with Gasteiger partial charge in [-0.25, -0.2) is 0 Å². The second-order valence-electron chi connectivity index (χ2n) is 8.44. The number of hydrogen-bond donors (Lipinski definition) is 1. The number of rotatable bonds is 3. The molecule has 1 aliphatic rings. The maximum atomic E-state index is 12.6. The van der Waals surface area contributed by atoms with Crippen molar-refractivity contribution in [1.82, 2.24) is 15.1 Å². The van der Waals surface area contributed by atoms with E-state index in [9.17, 15) is 4.79 Å². The molecule has 1 saturated heterocycles. The van der Waals surface area contributed by atoms with Crippen molar-refractivity contribution < 1.29 is 4.79 Å². The Bertz CT molecular complexity index is 1080. The molecule has 0 aliphatic carbocycles. The highest BCUT2D eigenvalue weighted by atomic mass is 35.5. The fourth-order valence-electron chi connectivity index (χ4n) is 3.99. The van der Waals surface area contributed by atoms with E-state index in [2.05, 4.69) is 34.2 Å². The smallest absolute Gasteiger partial charge is 0.242 e. The first-order chi connectivity index (χ1) is 14.3. The zero-order valence-corrected chi connectivity index (χ0v) is 18.2. The topological polar surface area (TPSA) is 75.3 Å². The number of benzene rings is 2. The van der Waals surface area contributed by atoms with Crippen LogP contribution in [0, 0.1) is 0 Å². The number of aromatic nitrogens is 2. The Morgan fingerprint density at radius 2 is 1.73 bits per heavy atom. The van der Waals surface area contributed by atoms with Crippen LogP contribution in [0.3, 0.4) is 0 Å². The quantitative estimate of drug-likeness (QED) is 0.694. The molecule has 1 aromatic heterocycles. The molecule has 0 radical (unpaired) electrons. The third-order valence-corrected chi connectivity index (χ3v) is 5.78. The second-order valence-corrected chi connectivity index (χ2v) is 8.88. The highest BCUT2D eigenvalue weighted by molar-refractivity contribution is 6.30. The summed E-state index contributed by atoms with van der Waals surface area (Å²) in [6, 6.07) is 15.9. The molecule has 0 saturated carbocycles. The fourth-order valence-corrected chi connectivity index (χ4v) is 4.11. The normalized spacial score (nSPS) is 17.4. The van der Waals surface area contributed by atoms with Crippen molar-refractivity contribution >= 4 is 34.1 Å². The van der Waals surface area contributed by atoms with Gasteiger partial charge in [0.25, 0.3) is 0 Å². The predicted octanol–water partition coefficient (Wildman–Crippen LogP) is 3.72. The number of halogens is 1. The van der Waals surface area contributed by atoms with Gasteiger partial charge in [0.2, 0.25) is 5.91 Å². The third kappa shape index (κ3) is 3.85. The van der Waals surface area contributed by atoms with Crippen LogP contribution in [0.25, 0.3) is 22.0 Å². The molecule has 1 atom stereocenters. The molecule has 4 rings (SSSR count). The Balaban J connectivity index is 1.68. The standard InChI is InChI=1S/C23H26ClN5O/c1-15-14-28(22(30)23(2,3)25)12-13-29(15)21-19-7-5-4-6-18(19)20(26-27-21)16-8-10-17(24)11-9-16/h4-11,15H,12-14,25H2,1-3H3/t15-/m0/s1. The van der Waals surface area contributed by atoms with E-state index >= 15 is 0 Å². The van der Waals surface area contributed by atoms with E-state index in [-0.39, 0.29) is 11.9 Å². The summed E-state index contributed by atoms with van der Waals surface area (Å²) < 4.78 is 0. The lowest BCUT2D eigenvalue weighted by atomic mass is 10.0. The van der Waals surface area contributed by atoms with Gasteiger partial charge >= 0.3 is 0 Å². The SMILES string of the molecule is C[C@H]1CN(C(=O)C(C)(C)N)CCN1c1nnc(-c2ccc(Cl)cc2)c2ccccc12. The van der Waals surface area contributed by atoms with Gasteiger partial charge in [0, 0.05) is 47.0 Å². The maximum Gasteiger partial charge on any atom is 0.242 e. The van der Waals surface area contributed by atoms with E-state index in [1.807, 2.05) is 41.3 Å². The summed E-state index contributed by atoms with van der Waals surface area (Å²) in [6.45, 7) is 7.50. The lowest BCUT2D eigenvalue weighted by Crippen LogP contribution is -2.59. The summed E-state index contributed by atoms with van der Waals surface area (Å²) in [5.41, 5.74) is 6.96. The monoisotopic (exact) mass is 423 g/mol. The number of nitrogens with zero attached hydrogens (tertiary/aromatic N) is 4. The number of amides is 1. The Hall–Kier alpha value is -2.70. The molecule has 2 aromatic carbocycles. The van der Waals surface area contributed by atoms with E-state index < -0.39 is 5.54 Å². The molecule has 6 nitrogen and oxygen atoms in total. The molecule has 1 aliphatic heterocycles. The Morgan fingerprint density at radius 1 is 1.07 bits per heavy atom. The minimum absolute atomic E-state index is 0.0250. The van der Waals surface area contributed by atoms with Gasteiger partial charge in [0.1, 0.15) is 5.69 Å². The minimum Gasteiger partial charge on any atom is -0.348 e. The lowest BCUT2D eigenvalue weighted by Gasteiger charge is -2.42. The number of nitrogens with two attached hydrogens (primary N) is 1. The van der Waals surface area contributed by atoms with Crippen LogP contribution in [0.2, 0.25) is 5.02 Å². The minimum atomic E-state index is -0.866. The van der Waals surface area contributed by atoms with Crippen molar-refractivity contribution in [3.63, 3.8) is 0 Å². The first kappa shape index (κ1) is 20.6. The third-order valence-electron chi connectivity index (χ3n) is 5.52. The first-order valence-electron chi connectivity index (χ1n) is 10.1. The highest BCUT2D eigenvalue weighted by Gasteiger charge is 2.34.